The zero-order valence-electron chi connectivity index (χ0n) is 14.2. The largest absolute Gasteiger partial charge is 0.360 e. The molecule has 23 heavy (non-hydrogen) atoms. The Balaban J connectivity index is 1.77. The van der Waals surface area contributed by atoms with Crippen molar-refractivity contribution in [1.29, 1.82) is 0 Å². The number of hydrogen-bond acceptors (Lipinski definition) is 5. The minimum Gasteiger partial charge on any atom is -0.360 e. The number of likely N-dealkylation sites (tertiary alicyclic amines) is 1. The Morgan fingerprint density at radius 1 is 1.30 bits per heavy atom. The van der Waals surface area contributed by atoms with Crippen LogP contribution in [0.25, 0.3) is 10.2 Å². The fraction of sp³-hybridized carbons (Fsp3) is 0.588. The Morgan fingerprint density at radius 2 is 2.00 bits per heavy atom. The molecular weight excluding hydrogens is 308 g/mol. The lowest BCUT2D eigenvalue weighted by atomic mass is 9.97. The third-order valence-electron chi connectivity index (χ3n) is 4.85. The van der Waals surface area contributed by atoms with Gasteiger partial charge < -0.3 is 10.2 Å². The van der Waals surface area contributed by atoms with Crippen LogP contribution in [0.3, 0.4) is 0 Å². The van der Waals surface area contributed by atoms with Crippen molar-refractivity contribution < 1.29 is 4.79 Å². The molecule has 1 saturated heterocycles. The normalized spacial score (nSPS) is 21.7. The first-order chi connectivity index (χ1) is 11.0. The number of anilines is 1. The van der Waals surface area contributed by atoms with Gasteiger partial charge in [0.25, 0.3) is 0 Å². The van der Waals surface area contributed by atoms with E-state index in [1.54, 1.807) is 17.7 Å². The molecule has 2 unspecified atom stereocenters. The van der Waals surface area contributed by atoms with Gasteiger partial charge in [0.1, 0.15) is 17.0 Å². The van der Waals surface area contributed by atoms with Crippen LogP contribution in [-0.2, 0) is 4.79 Å². The minimum atomic E-state index is 0.154. The highest BCUT2D eigenvalue weighted by Crippen LogP contribution is 2.32. The summed E-state index contributed by atoms with van der Waals surface area (Å²) in [5, 5.41) is 4.29. The second kappa shape index (κ2) is 6.43. The lowest BCUT2D eigenvalue weighted by Crippen LogP contribution is -2.49. The first-order valence-electron chi connectivity index (χ1n) is 8.24. The Hall–Kier alpha value is -1.69. The van der Waals surface area contributed by atoms with Crippen LogP contribution in [0, 0.1) is 13.8 Å². The summed E-state index contributed by atoms with van der Waals surface area (Å²) in [6.45, 7) is 8.74. The van der Waals surface area contributed by atoms with Crippen LogP contribution in [-0.4, -0.2) is 39.4 Å². The van der Waals surface area contributed by atoms with Crippen LogP contribution >= 0.6 is 11.3 Å². The highest BCUT2D eigenvalue weighted by Gasteiger charge is 2.28. The molecule has 2 atom stereocenters. The fourth-order valence-corrected chi connectivity index (χ4v) is 4.48. The Bertz CT molecular complexity index is 717. The lowest BCUT2D eigenvalue weighted by Gasteiger charge is -2.39. The number of fused-ring (bicyclic) bond motifs is 1. The van der Waals surface area contributed by atoms with E-state index < -0.39 is 0 Å². The van der Waals surface area contributed by atoms with Crippen molar-refractivity contribution >= 4 is 33.3 Å². The van der Waals surface area contributed by atoms with Gasteiger partial charge in [-0.05, 0) is 52.5 Å². The third kappa shape index (κ3) is 3.04. The molecule has 5 nitrogen and oxygen atoms in total. The second-order valence-corrected chi connectivity index (χ2v) is 7.67. The summed E-state index contributed by atoms with van der Waals surface area (Å²) in [4.78, 5) is 25.6. The van der Waals surface area contributed by atoms with E-state index in [1.165, 1.54) is 16.9 Å². The SMILES string of the molecule is Cc1sc2ncnc(NCC(=O)N3C(C)CCCC3C)c2c1C. The first kappa shape index (κ1) is 16.2. The van der Waals surface area contributed by atoms with Gasteiger partial charge in [-0.15, -0.1) is 11.3 Å². The Kier molecular flexibility index (Phi) is 4.53. The van der Waals surface area contributed by atoms with Crippen molar-refractivity contribution in [3.05, 3.63) is 16.8 Å². The summed E-state index contributed by atoms with van der Waals surface area (Å²) in [5.41, 5.74) is 1.19. The summed E-state index contributed by atoms with van der Waals surface area (Å²) in [6, 6.07) is 0.646. The molecule has 0 spiro atoms. The molecule has 0 aromatic carbocycles. The topological polar surface area (TPSA) is 58.1 Å². The zero-order chi connectivity index (χ0) is 16.6. The van der Waals surface area contributed by atoms with Gasteiger partial charge in [0.15, 0.2) is 0 Å². The Morgan fingerprint density at radius 3 is 2.70 bits per heavy atom. The average Bonchev–Trinajstić information content (AvgIpc) is 2.80. The van der Waals surface area contributed by atoms with E-state index in [4.69, 9.17) is 0 Å². The van der Waals surface area contributed by atoms with Crippen LogP contribution in [0.15, 0.2) is 6.33 Å². The molecule has 1 N–H and O–H groups in total. The number of carbonyl (C=O) groups is 1. The molecular formula is C17H24N4OS. The summed E-state index contributed by atoms with van der Waals surface area (Å²) in [7, 11) is 0. The van der Waals surface area contributed by atoms with E-state index in [-0.39, 0.29) is 12.5 Å². The number of piperidine rings is 1. The average molecular weight is 332 g/mol. The molecule has 1 aliphatic heterocycles. The maximum absolute atomic E-state index is 12.6. The van der Waals surface area contributed by atoms with Crippen LogP contribution in [0.4, 0.5) is 5.82 Å². The highest BCUT2D eigenvalue weighted by molar-refractivity contribution is 7.18. The number of nitrogens with one attached hydrogen (secondary N) is 1. The molecule has 1 aliphatic rings. The van der Waals surface area contributed by atoms with Crippen molar-refractivity contribution in [2.24, 2.45) is 0 Å². The van der Waals surface area contributed by atoms with Crippen molar-refractivity contribution in [2.45, 2.75) is 59.0 Å². The molecule has 1 amide bonds. The maximum Gasteiger partial charge on any atom is 0.242 e. The monoisotopic (exact) mass is 332 g/mol. The van der Waals surface area contributed by atoms with E-state index in [2.05, 4.69) is 43.0 Å². The number of aryl methyl sites for hydroxylation is 2. The maximum atomic E-state index is 12.6. The zero-order valence-corrected chi connectivity index (χ0v) is 15.0. The van der Waals surface area contributed by atoms with Gasteiger partial charge >= 0.3 is 0 Å². The number of carbonyl (C=O) groups excluding carboxylic acids is 1. The second-order valence-electron chi connectivity index (χ2n) is 6.47. The van der Waals surface area contributed by atoms with Gasteiger partial charge in [-0.2, -0.15) is 0 Å². The predicted octanol–water partition coefficient (Wildman–Crippen LogP) is 3.51. The fourth-order valence-electron chi connectivity index (χ4n) is 3.48. The molecule has 0 aliphatic carbocycles. The van der Waals surface area contributed by atoms with E-state index in [0.717, 1.165) is 28.9 Å². The van der Waals surface area contributed by atoms with Gasteiger partial charge in [-0.3, -0.25) is 4.79 Å². The summed E-state index contributed by atoms with van der Waals surface area (Å²) >= 11 is 1.67. The van der Waals surface area contributed by atoms with Crippen molar-refractivity contribution in [2.75, 3.05) is 11.9 Å². The van der Waals surface area contributed by atoms with Crippen LogP contribution in [0.5, 0.6) is 0 Å². The number of hydrogen-bond donors (Lipinski definition) is 1. The van der Waals surface area contributed by atoms with E-state index in [9.17, 15) is 4.79 Å². The predicted molar refractivity (Wildman–Crippen MR) is 95.0 cm³/mol. The standard InChI is InChI=1S/C17H24N4OS/c1-10-6-5-7-11(2)21(10)14(22)8-18-16-15-12(3)13(4)23-17(15)20-9-19-16/h9-11H,5-8H2,1-4H3,(H,18,19,20). The molecule has 0 saturated carbocycles. The van der Waals surface area contributed by atoms with Gasteiger partial charge in [0.2, 0.25) is 5.91 Å². The summed E-state index contributed by atoms with van der Waals surface area (Å²) < 4.78 is 0. The molecule has 6 heteroatoms. The third-order valence-corrected chi connectivity index (χ3v) is 5.97. The van der Waals surface area contributed by atoms with Crippen molar-refractivity contribution in [3.8, 4) is 0 Å². The molecule has 0 bridgehead atoms. The minimum absolute atomic E-state index is 0.154. The molecule has 2 aromatic rings. The Labute approximate surface area is 141 Å². The van der Waals surface area contributed by atoms with Gasteiger partial charge in [0, 0.05) is 17.0 Å². The highest BCUT2D eigenvalue weighted by atomic mass is 32.1. The first-order valence-corrected chi connectivity index (χ1v) is 9.06. The number of nitrogens with zero attached hydrogens (tertiary/aromatic N) is 3. The van der Waals surface area contributed by atoms with Crippen molar-refractivity contribution in [1.82, 2.24) is 14.9 Å². The van der Waals surface area contributed by atoms with Gasteiger partial charge in [0.05, 0.1) is 11.9 Å². The number of aromatic nitrogens is 2. The summed E-state index contributed by atoms with van der Waals surface area (Å²) in [5.74, 6) is 0.920. The van der Waals surface area contributed by atoms with E-state index >= 15 is 0 Å². The number of thiophene rings is 1. The number of rotatable bonds is 3. The summed E-state index contributed by atoms with van der Waals surface area (Å²) in [6.07, 6.45) is 4.96. The number of amides is 1. The lowest BCUT2D eigenvalue weighted by molar-refractivity contribution is -0.135. The van der Waals surface area contributed by atoms with Crippen LogP contribution < -0.4 is 5.32 Å². The quantitative estimate of drug-likeness (QED) is 0.934. The van der Waals surface area contributed by atoms with Gasteiger partial charge in [-0.25, -0.2) is 9.97 Å². The molecule has 1 fully saturated rings. The molecule has 2 aromatic heterocycles. The molecule has 124 valence electrons. The van der Waals surface area contributed by atoms with Crippen LogP contribution in [0.2, 0.25) is 0 Å². The van der Waals surface area contributed by atoms with Crippen LogP contribution in [0.1, 0.15) is 43.6 Å². The van der Waals surface area contributed by atoms with E-state index in [1.807, 2.05) is 4.90 Å². The smallest absolute Gasteiger partial charge is 0.242 e. The van der Waals surface area contributed by atoms with Crippen molar-refractivity contribution in [3.63, 3.8) is 0 Å². The molecule has 3 heterocycles. The molecule has 0 radical (unpaired) electrons. The molecule has 3 rings (SSSR count). The van der Waals surface area contributed by atoms with E-state index in [0.29, 0.717) is 12.1 Å². The van der Waals surface area contributed by atoms with Gasteiger partial charge in [-0.1, -0.05) is 0 Å².